The van der Waals surface area contributed by atoms with E-state index in [0.717, 1.165) is 25.7 Å². The van der Waals surface area contributed by atoms with Crippen molar-refractivity contribution < 1.29 is 41.9 Å². The Labute approximate surface area is 262 Å². The lowest BCUT2D eigenvalue weighted by atomic mass is 9.89. The van der Waals surface area contributed by atoms with Gasteiger partial charge < -0.3 is 26.2 Å². The zero-order chi connectivity index (χ0) is 33.1. The third-order valence-electron chi connectivity index (χ3n) is 8.94. The summed E-state index contributed by atoms with van der Waals surface area (Å²) in [6.07, 6.45) is 0.874. The molecule has 1 saturated heterocycles. The highest BCUT2D eigenvalue weighted by Gasteiger charge is 2.40. The van der Waals surface area contributed by atoms with Crippen molar-refractivity contribution in [3.63, 3.8) is 0 Å². The van der Waals surface area contributed by atoms with Crippen molar-refractivity contribution in [1.29, 1.82) is 0 Å². The van der Waals surface area contributed by atoms with E-state index in [1.165, 1.54) is 11.9 Å². The number of hydrogen-bond acceptors (Lipinski definition) is 6. The first kappa shape index (κ1) is 36.3. The van der Waals surface area contributed by atoms with E-state index >= 15 is 0 Å². The van der Waals surface area contributed by atoms with Gasteiger partial charge in [-0.15, -0.1) is 0 Å². The molecule has 4 atom stereocenters. The van der Waals surface area contributed by atoms with Gasteiger partial charge in [0.1, 0.15) is 12.1 Å². The van der Waals surface area contributed by atoms with Crippen molar-refractivity contribution in [2.45, 2.75) is 134 Å². The number of alkyl halides is 3. The van der Waals surface area contributed by atoms with Crippen LogP contribution in [0.2, 0.25) is 0 Å². The van der Waals surface area contributed by atoms with Crippen LogP contribution in [0.25, 0.3) is 0 Å². The summed E-state index contributed by atoms with van der Waals surface area (Å²) >= 11 is 0. The van der Waals surface area contributed by atoms with Gasteiger partial charge in [0.05, 0.1) is 6.04 Å². The van der Waals surface area contributed by atoms with Gasteiger partial charge in [0, 0.05) is 38.4 Å². The second-order valence-electron chi connectivity index (χ2n) is 12.7. The number of nitrogens with one attached hydrogen (secondary N) is 4. The third-order valence-corrected chi connectivity index (χ3v) is 8.94. The van der Waals surface area contributed by atoms with Gasteiger partial charge in [0.15, 0.2) is 0 Å². The van der Waals surface area contributed by atoms with Crippen LogP contribution in [0.15, 0.2) is 0 Å². The van der Waals surface area contributed by atoms with Crippen molar-refractivity contribution in [2.75, 3.05) is 13.6 Å². The number of halogens is 3. The van der Waals surface area contributed by atoms with E-state index in [4.69, 9.17) is 0 Å². The molecule has 0 aromatic rings. The zero-order valence-electron chi connectivity index (χ0n) is 26.3. The molecule has 11 nitrogen and oxygen atoms in total. The van der Waals surface area contributed by atoms with Crippen LogP contribution in [0.1, 0.15) is 103 Å². The predicted molar refractivity (Wildman–Crippen MR) is 158 cm³/mol. The molecule has 0 aromatic heterocycles. The molecule has 5 amide bonds. The molecule has 14 heteroatoms. The summed E-state index contributed by atoms with van der Waals surface area (Å²) in [5, 5.41) is 10.8. The minimum Gasteiger partial charge on any atom is -0.356 e. The van der Waals surface area contributed by atoms with Gasteiger partial charge in [-0.05, 0) is 70.1 Å². The maximum atomic E-state index is 13.9. The van der Waals surface area contributed by atoms with Crippen LogP contribution in [0.3, 0.4) is 0 Å². The minimum atomic E-state index is -4.30. The highest BCUT2D eigenvalue weighted by atomic mass is 19.4. The Bertz CT molecular complexity index is 1080. The molecule has 4 N–H and O–H groups in total. The monoisotopic (exact) mass is 643 g/mol. The van der Waals surface area contributed by atoms with Crippen LogP contribution in [-0.4, -0.2) is 84.2 Å². The van der Waals surface area contributed by atoms with Crippen LogP contribution >= 0.6 is 0 Å². The molecule has 2 saturated carbocycles. The number of carbonyl (C=O) groups is 6. The van der Waals surface area contributed by atoms with Crippen LogP contribution in [0.5, 0.6) is 0 Å². The average Bonchev–Trinajstić information content (AvgIpc) is 3.64. The number of carbonyl (C=O) groups excluding carboxylic acids is 6. The molecule has 3 aliphatic rings. The number of unbranched alkanes of at least 4 members (excludes halogenated alkanes) is 1. The zero-order valence-corrected chi connectivity index (χ0v) is 26.3. The van der Waals surface area contributed by atoms with Crippen LogP contribution < -0.4 is 21.3 Å². The standard InChI is InChI=1S/C31H48F3N5O6/c1-3-9-23(28(43)37-22(18-20-12-8-17-35-27(20)42)26(41)29(44)36-21-14-15-21)39(2)30(45)25(19-10-4-5-11-19)38-24(40)13-6-7-16-31(32,33)34/h19-23,25H,3-18H2,1-2H3,(H,35,42)(H,36,44)(H,37,43)(H,38,40)/t20-,22-,23-,25+/m0/s1. The van der Waals surface area contributed by atoms with Gasteiger partial charge in [-0.3, -0.25) is 28.8 Å². The molecule has 3 rings (SSSR count). The summed E-state index contributed by atoms with van der Waals surface area (Å²) < 4.78 is 37.5. The number of piperidine rings is 1. The number of Topliss-reactive ketones (excluding diaryl/α,β-unsaturated/α-hetero) is 1. The Morgan fingerprint density at radius 2 is 1.67 bits per heavy atom. The molecule has 1 heterocycles. The quantitative estimate of drug-likeness (QED) is 0.141. The summed E-state index contributed by atoms with van der Waals surface area (Å²) in [7, 11) is 1.45. The van der Waals surface area contributed by atoms with E-state index in [9.17, 15) is 41.9 Å². The average molecular weight is 644 g/mol. The summed E-state index contributed by atoms with van der Waals surface area (Å²) in [5.74, 6) is -4.34. The van der Waals surface area contributed by atoms with E-state index in [1.54, 1.807) is 0 Å². The first-order valence-corrected chi connectivity index (χ1v) is 16.4. The molecule has 0 bridgehead atoms. The Balaban J connectivity index is 1.72. The number of likely N-dealkylation sites (N-methyl/N-ethyl adjacent to an activating group) is 1. The van der Waals surface area contributed by atoms with Crippen molar-refractivity contribution in [1.82, 2.24) is 26.2 Å². The normalized spacial score (nSPS) is 20.8. The number of rotatable bonds is 17. The van der Waals surface area contributed by atoms with Crippen molar-refractivity contribution in [2.24, 2.45) is 11.8 Å². The Hall–Kier alpha value is -3.19. The maximum Gasteiger partial charge on any atom is 0.389 e. The van der Waals surface area contributed by atoms with E-state index in [-0.39, 0.29) is 50.0 Å². The highest BCUT2D eigenvalue weighted by Crippen LogP contribution is 2.30. The first-order chi connectivity index (χ1) is 21.3. The van der Waals surface area contributed by atoms with E-state index < -0.39 is 66.1 Å². The lowest BCUT2D eigenvalue weighted by Crippen LogP contribution is -2.58. The fraction of sp³-hybridized carbons (Fsp3) is 0.806. The number of amides is 5. The van der Waals surface area contributed by atoms with E-state index in [2.05, 4.69) is 21.3 Å². The number of hydrogen-bond donors (Lipinski definition) is 4. The lowest BCUT2D eigenvalue weighted by molar-refractivity contribution is -0.145. The summed E-state index contributed by atoms with van der Waals surface area (Å²) in [4.78, 5) is 79.9. The van der Waals surface area contributed by atoms with Gasteiger partial charge in [-0.2, -0.15) is 13.2 Å². The smallest absolute Gasteiger partial charge is 0.356 e. The topological polar surface area (TPSA) is 154 Å². The highest BCUT2D eigenvalue weighted by molar-refractivity contribution is 6.38. The molecule has 0 aromatic carbocycles. The molecule has 2 aliphatic carbocycles. The second-order valence-corrected chi connectivity index (χ2v) is 12.7. The van der Waals surface area contributed by atoms with Crippen molar-refractivity contribution >= 4 is 35.3 Å². The largest absolute Gasteiger partial charge is 0.389 e. The predicted octanol–water partition coefficient (Wildman–Crippen LogP) is 2.66. The molecule has 0 radical (unpaired) electrons. The molecule has 0 spiro atoms. The second kappa shape index (κ2) is 16.9. The van der Waals surface area contributed by atoms with Crippen LogP contribution in [0, 0.1) is 11.8 Å². The molecular weight excluding hydrogens is 595 g/mol. The van der Waals surface area contributed by atoms with Crippen LogP contribution in [0.4, 0.5) is 13.2 Å². The molecule has 3 fully saturated rings. The summed E-state index contributed by atoms with van der Waals surface area (Å²) in [5.41, 5.74) is 0. The van der Waals surface area contributed by atoms with Gasteiger partial charge >= 0.3 is 6.18 Å². The SMILES string of the molecule is CCC[C@@H](C(=O)N[C@@H](C[C@@H]1CCCNC1=O)C(=O)C(=O)NC1CC1)N(C)C(=O)[C@H](NC(=O)CCCCC(F)(F)F)C1CCCC1. The molecule has 254 valence electrons. The van der Waals surface area contributed by atoms with Crippen molar-refractivity contribution in [3.8, 4) is 0 Å². The number of ketones is 1. The maximum absolute atomic E-state index is 13.9. The van der Waals surface area contributed by atoms with E-state index in [0.29, 0.717) is 38.6 Å². The molecular formula is C31H48F3N5O6. The summed E-state index contributed by atoms with van der Waals surface area (Å²) in [6.45, 7) is 2.34. The lowest BCUT2D eigenvalue weighted by Gasteiger charge is -2.34. The van der Waals surface area contributed by atoms with Crippen molar-refractivity contribution in [3.05, 3.63) is 0 Å². The fourth-order valence-electron chi connectivity index (χ4n) is 6.16. The van der Waals surface area contributed by atoms with Gasteiger partial charge in [-0.25, -0.2) is 0 Å². The van der Waals surface area contributed by atoms with Gasteiger partial charge in [0.25, 0.3) is 5.91 Å². The summed E-state index contributed by atoms with van der Waals surface area (Å²) in [6, 6.07) is -3.33. The van der Waals surface area contributed by atoms with Gasteiger partial charge in [0.2, 0.25) is 29.4 Å². The van der Waals surface area contributed by atoms with Crippen LogP contribution in [-0.2, 0) is 28.8 Å². The molecule has 45 heavy (non-hydrogen) atoms. The minimum absolute atomic E-state index is 0.0242. The Morgan fingerprint density at radius 3 is 2.27 bits per heavy atom. The Kier molecular flexibility index (Phi) is 13.6. The molecule has 0 unspecified atom stereocenters. The Morgan fingerprint density at radius 1 is 0.978 bits per heavy atom. The van der Waals surface area contributed by atoms with Gasteiger partial charge in [-0.1, -0.05) is 26.2 Å². The first-order valence-electron chi connectivity index (χ1n) is 16.4. The molecule has 1 aliphatic heterocycles. The number of nitrogens with zero attached hydrogens (tertiary/aromatic N) is 1. The third kappa shape index (κ3) is 11.6. The fourth-order valence-corrected chi connectivity index (χ4v) is 6.16. The van der Waals surface area contributed by atoms with E-state index in [1.807, 2.05) is 6.92 Å².